The second kappa shape index (κ2) is 7.18. The molecule has 3 rings (SSSR count). The van der Waals surface area contributed by atoms with E-state index in [1.807, 2.05) is 0 Å². The summed E-state index contributed by atoms with van der Waals surface area (Å²) in [5.41, 5.74) is -0.897. The van der Waals surface area contributed by atoms with Crippen LogP contribution in [-0.2, 0) is 19.7 Å². The van der Waals surface area contributed by atoms with Crippen molar-refractivity contribution in [3.8, 4) is 0 Å². The number of methoxy groups -OCH3 is 1. The van der Waals surface area contributed by atoms with Crippen molar-refractivity contribution in [2.75, 3.05) is 7.11 Å². The number of hydrogen-bond acceptors (Lipinski definition) is 6. The Morgan fingerprint density at radius 3 is 2.52 bits per heavy atom. The Balaban J connectivity index is 1.66. The molecule has 142 valence electrons. The molecule has 1 N–H and O–H groups in total. The molecule has 1 heterocycles. The highest BCUT2D eigenvalue weighted by molar-refractivity contribution is 8.18. The van der Waals surface area contributed by atoms with Gasteiger partial charge in [0.2, 0.25) is 0 Å². The molecule has 1 aliphatic heterocycles. The van der Waals surface area contributed by atoms with E-state index in [1.54, 1.807) is 0 Å². The van der Waals surface area contributed by atoms with Crippen LogP contribution < -0.4 is 5.32 Å². The Morgan fingerprint density at radius 2 is 1.96 bits per heavy atom. The Hall–Kier alpha value is -2.62. The highest BCUT2D eigenvalue weighted by Crippen LogP contribution is 2.58. The number of esters is 1. The van der Waals surface area contributed by atoms with E-state index in [9.17, 15) is 22.8 Å². The largest absolute Gasteiger partial charge is 0.466 e. The van der Waals surface area contributed by atoms with E-state index in [4.69, 9.17) is 0 Å². The lowest BCUT2D eigenvalue weighted by Gasteiger charge is -2.19. The van der Waals surface area contributed by atoms with Gasteiger partial charge in [-0.25, -0.2) is 4.79 Å². The maximum Gasteiger partial charge on any atom is 0.398 e. The van der Waals surface area contributed by atoms with Crippen LogP contribution in [-0.4, -0.2) is 36.5 Å². The molecule has 0 atom stereocenters. The topological polar surface area (TPSA) is 80.1 Å². The molecule has 0 unspecified atom stereocenters. The van der Waals surface area contributed by atoms with Gasteiger partial charge in [0.15, 0.2) is 5.17 Å². The summed E-state index contributed by atoms with van der Waals surface area (Å²) < 4.78 is 43.8. The first-order valence-corrected chi connectivity index (χ1v) is 8.64. The van der Waals surface area contributed by atoms with Crippen LogP contribution in [0.5, 0.6) is 0 Å². The van der Waals surface area contributed by atoms with Crippen molar-refractivity contribution in [1.29, 1.82) is 0 Å². The van der Waals surface area contributed by atoms with Crippen molar-refractivity contribution >= 4 is 35.0 Å². The van der Waals surface area contributed by atoms with Gasteiger partial charge in [-0.3, -0.25) is 10.1 Å². The summed E-state index contributed by atoms with van der Waals surface area (Å²) in [4.78, 5) is 22.9. The number of halogens is 3. The smallest absolute Gasteiger partial charge is 0.398 e. The van der Waals surface area contributed by atoms with Crippen molar-refractivity contribution in [2.45, 2.75) is 24.4 Å². The number of hydrogen-bond donors (Lipinski definition) is 1. The molecule has 1 saturated heterocycles. The average molecular weight is 397 g/mol. The zero-order valence-corrected chi connectivity index (χ0v) is 14.9. The van der Waals surface area contributed by atoms with Crippen LogP contribution in [0.15, 0.2) is 45.4 Å². The lowest BCUT2D eigenvalue weighted by Crippen LogP contribution is -2.28. The average Bonchev–Trinajstić information content (AvgIpc) is 3.37. The number of amidine groups is 1. The number of carbonyl (C=O) groups excluding carboxylic acids is 2. The molecule has 2 fully saturated rings. The summed E-state index contributed by atoms with van der Waals surface area (Å²) in [7, 11) is 1.20. The van der Waals surface area contributed by atoms with E-state index in [0.717, 1.165) is 17.8 Å². The lowest BCUT2D eigenvalue weighted by molar-refractivity contribution is -0.160. The van der Waals surface area contributed by atoms with Crippen molar-refractivity contribution in [3.63, 3.8) is 0 Å². The fraction of sp³-hybridized carbons (Fsp3) is 0.294. The van der Waals surface area contributed by atoms with Gasteiger partial charge in [-0.05, 0) is 35.7 Å². The van der Waals surface area contributed by atoms with Gasteiger partial charge in [0, 0.05) is 6.08 Å². The molecule has 1 aromatic rings. The third-order valence-corrected chi connectivity index (χ3v) is 5.11. The van der Waals surface area contributed by atoms with Gasteiger partial charge in [-0.2, -0.15) is 18.3 Å². The summed E-state index contributed by atoms with van der Waals surface area (Å²) in [6.07, 6.45) is -1.63. The zero-order valence-electron chi connectivity index (χ0n) is 14.0. The maximum absolute atomic E-state index is 13.1. The van der Waals surface area contributed by atoms with Crippen LogP contribution in [0.4, 0.5) is 13.2 Å². The molecule has 6 nitrogen and oxygen atoms in total. The van der Waals surface area contributed by atoms with Crippen LogP contribution in [0.1, 0.15) is 24.0 Å². The van der Waals surface area contributed by atoms with E-state index < -0.39 is 23.5 Å². The number of benzene rings is 1. The Labute approximate surface area is 156 Å². The van der Waals surface area contributed by atoms with Crippen LogP contribution >= 0.6 is 11.8 Å². The van der Waals surface area contributed by atoms with Crippen LogP contribution in [0.3, 0.4) is 0 Å². The number of nitrogens with one attached hydrogen (secondary N) is 1. The molecule has 1 amide bonds. The van der Waals surface area contributed by atoms with Crippen LogP contribution in [0, 0.1) is 0 Å². The minimum atomic E-state index is -4.25. The Kier molecular flexibility index (Phi) is 5.09. The van der Waals surface area contributed by atoms with Gasteiger partial charge in [0.1, 0.15) is 0 Å². The van der Waals surface area contributed by atoms with Crippen molar-refractivity contribution in [3.05, 3.63) is 46.4 Å². The quantitative estimate of drug-likeness (QED) is 0.367. The van der Waals surface area contributed by atoms with Crippen LogP contribution in [0.25, 0.3) is 0 Å². The molecule has 0 spiro atoms. The molecule has 1 aliphatic carbocycles. The summed E-state index contributed by atoms with van der Waals surface area (Å²) >= 11 is 0.925. The summed E-state index contributed by atoms with van der Waals surface area (Å²) in [6, 6.07) is 5.96. The fourth-order valence-electron chi connectivity index (χ4n) is 2.54. The molecule has 0 radical (unpaired) electrons. The van der Waals surface area contributed by atoms with Crippen molar-refractivity contribution < 1.29 is 27.5 Å². The molecule has 0 bridgehead atoms. The molecule has 0 aromatic heterocycles. The second-order valence-corrected chi connectivity index (χ2v) is 6.97. The minimum Gasteiger partial charge on any atom is -0.466 e. The second-order valence-electron chi connectivity index (χ2n) is 5.94. The first-order chi connectivity index (χ1) is 12.7. The van der Waals surface area contributed by atoms with Crippen molar-refractivity contribution in [2.24, 2.45) is 10.2 Å². The standard InChI is InChI=1S/C17H14F3N3O3S/c1-26-13(24)8-12-14(25)22-15(27-12)23-21-9-10-2-4-11(5-3-10)16(6-7-16)17(18,19)20/h2-5,8-9H,6-7H2,1H3,(H,22,23,25)/b12-8+,21-9?. The van der Waals surface area contributed by atoms with Gasteiger partial charge in [0.05, 0.1) is 23.6 Å². The molecule has 10 heteroatoms. The third-order valence-electron chi connectivity index (χ3n) is 4.21. The molecule has 1 aromatic carbocycles. The molecular formula is C17H14F3N3O3S. The predicted molar refractivity (Wildman–Crippen MR) is 94.3 cm³/mol. The first-order valence-electron chi connectivity index (χ1n) is 7.82. The number of ether oxygens (including phenoxy) is 1. The van der Waals surface area contributed by atoms with Gasteiger partial charge in [-0.1, -0.05) is 24.3 Å². The molecule has 1 saturated carbocycles. The van der Waals surface area contributed by atoms with E-state index in [-0.39, 0.29) is 28.5 Å². The van der Waals surface area contributed by atoms with E-state index in [1.165, 1.54) is 37.6 Å². The van der Waals surface area contributed by atoms with E-state index in [2.05, 4.69) is 20.3 Å². The summed E-state index contributed by atoms with van der Waals surface area (Å²) in [5.74, 6) is -1.16. The lowest BCUT2D eigenvalue weighted by atomic mass is 9.94. The van der Waals surface area contributed by atoms with Gasteiger partial charge in [-0.15, -0.1) is 5.10 Å². The highest BCUT2D eigenvalue weighted by Gasteiger charge is 2.64. The number of nitrogens with zero attached hydrogens (tertiary/aromatic N) is 2. The predicted octanol–water partition coefficient (Wildman–Crippen LogP) is 2.89. The highest BCUT2D eigenvalue weighted by atomic mass is 32.2. The molecule has 27 heavy (non-hydrogen) atoms. The Morgan fingerprint density at radius 1 is 1.30 bits per heavy atom. The normalized spacial score (nSPS) is 21.7. The minimum absolute atomic E-state index is 0.107. The fourth-order valence-corrected chi connectivity index (χ4v) is 3.28. The number of amides is 1. The van der Waals surface area contributed by atoms with Crippen molar-refractivity contribution in [1.82, 2.24) is 5.32 Å². The number of carbonyl (C=O) groups is 2. The van der Waals surface area contributed by atoms with E-state index >= 15 is 0 Å². The van der Waals surface area contributed by atoms with Gasteiger partial charge >= 0.3 is 12.1 Å². The first kappa shape index (κ1) is 19.2. The molecule has 2 aliphatic rings. The van der Waals surface area contributed by atoms with E-state index in [0.29, 0.717) is 5.56 Å². The van der Waals surface area contributed by atoms with Gasteiger partial charge in [0.25, 0.3) is 5.91 Å². The monoisotopic (exact) mass is 397 g/mol. The third kappa shape index (κ3) is 4.05. The Bertz CT molecular complexity index is 856. The van der Waals surface area contributed by atoms with Gasteiger partial charge < -0.3 is 4.74 Å². The van der Waals surface area contributed by atoms with Crippen LogP contribution in [0.2, 0.25) is 0 Å². The SMILES string of the molecule is COC(=O)/C=C1/S/C(=N\N=Cc2ccc(C3(C(F)(F)F)CC3)cc2)NC1=O. The maximum atomic E-state index is 13.1. The summed E-state index contributed by atoms with van der Waals surface area (Å²) in [5, 5.41) is 10.2. The number of rotatable bonds is 4. The number of thioether (sulfide) groups is 1. The summed E-state index contributed by atoms with van der Waals surface area (Å²) in [6.45, 7) is 0. The zero-order chi connectivity index (χ0) is 19.7. The number of alkyl halides is 3. The molecular weight excluding hydrogens is 383 g/mol.